The number of nitrogens with one attached hydrogen (secondary N) is 2. The van der Waals surface area contributed by atoms with E-state index in [1.165, 1.54) is 6.07 Å². The molecule has 4 N–H and O–H groups in total. The molecule has 0 radical (unpaired) electrons. The topological polar surface area (TPSA) is 83.8 Å². The van der Waals surface area contributed by atoms with Gasteiger partial charge in [-0.05, 0) is 29.8 Å². The number of anilines is 2. The summed E-state index contributed by atoms with van der Waals surface area (Å²) in [6.07, 6.45) is 1.66. The third kappa shape index (κ3) is 3.76. The van der Waals surface area contributed by atoms with Gasteiger partial charge in [-0.25, -0.2) is 4.98 Å². The molecule has 0 aliphatic heterocycles. The molecule has 0 unspecified atom stereocenters. The average molecular weight is 339 g/mol. The van der Waals surface area contributed by atoms with Crippen LogP contribution in [0.4, 0.5) is 11.4 Å². The number of hydrogen-bond acceptors (Lipinski definition) is 4. The van der Waals surface area contributed by atoms with Crippen molar-refractivity contribution in [2.24, 2.45) is 5.73 Å². The van der Waals surface area contributed by atoms with Crippen LogP contribution in [0.5, 0.6) is 0 Å². The van der Waals surface area contributed by atoms with E-state index >= 15 is 0 Å². The lowest BCUT2D eigenvalue weighted by atomic mass is 10.2. The maximum Gasteiger partial charge on any atom is 0.249 e. The molecule has 22 heavy (non-hydrogen) atoms. The molecule has 7 heteroatoms. The Hall–Kier alpha value is -2.08. The highest BCUT2D eigenvalue weighted by atomic mass is 35.5. The van der Waals surface area contributed by atoms with Crippen molar-refractivity contribution in [3.05, 3.63) is 64.6 Å². The fourth-order valence-electron chi connectivity index (χ4n) is 2.05. The Morgan fingerprint density at radius 2 is 1.77 bits per heavy atom. The quantitative estimate of drug-likeness (QED) is 0.685. The Balaban J connectivity index is 0.00000121. The number of pyridine rings is 2. The maximum absolute atomic E-state index is 11.3. The summed E-state index contributed by atoms with van der Waals surface area (Å²) < 4.78 is 0. The summed E-state index contributed by atoms with van der Waals surface area (Å²) in [6, 6.07) is 13.0. The van der Waals surface area contributed by atoms with Crippen LogP contribution in [0, 0.1) is 0 Å². The molecule has 3 aromatic rings. The molecule has 0 saturated heterocycles. The summed E-state index contributed by atoms with van der Waals surface area (Å²) in [6.45, 7) is 0.527. The molecule has 1 aromatic carbocycles. The highest BCUT2D eigenvalue weighted by molar-refractivity contribution is 5.90. The molecule has 0 aliphatic carbocycles. The number of nitrogens with two attached hydrogens (primary N) is 1. The third-order valence-corrected chi connectivity index (χ3v) is 3.10. The van der Waals surface area contributed by atoms with Crippen LogP contribution in [0.2, 0.25) is 0 Å². The van der Waals surface area contributed by atoms with Crippen LogP contribution in [0.15, 0.2) is 53.5 Å². The fourth-order valence-corrected chi connectivity index (χ4v) is 2.05. The van der Waals surface area contributed by atoms with E-state index in [4.69, 9.17) is 5.73 Å². The van der Waals surface area contributed by atoms with Gasteiger partial charge in [0.2, 0.25) is 5.56 Å². The predicted octanol–water partition coefficient (Wildman–Crippen LogP) is 2.97. The highest BCUT2D eigenvalue weighted by Gasteiger charge is 2.03. The molecular formula is C15H16Cl2N4O. The fraction of sp³-hybridized carbons (Fsp3) is 0.0667. The van der Waals surface area contributed by atoms with Gasteiger partial charge in [0.15, 0.2) is 0 Å². The zero-order chi connectivity index (χ0) is 13.9. The molecule has 2 heterocycles. The molecule has 0 atom stereocenters. The number of halogens is 2. The number of aromatic amines is 1. The average Bonchev–Trinajstić information content (AvgIpc) is 2.48. The summed E-state index contributed by atoms with van der Waals surface area (Å²) in [4.78, 5) is 18.2. The largest absolute Gasteiger partial charge is 0.355 e. The summed E-state index contributed by atoms with van der Waals surface area (Å²) in [5.41, 5.74) is 8.93. The number of H-pyrrole nitrogens is 1. The number of rotatable bonds is 3. The van der Waals surface area contributed by atoms with E-state index in [2.05, 4.69) is 15.3 Å². The third-order valence-electron chi connectivity index (χ3n) is 3.10. The normalized spacial score (nSPS) is 9.68. The number of fused-ring (bicyclic) bond motifs is 1. The minimum atomic E-state index is -0.158. The van der Waals surface area contributed by atoms with E-state index in [9.17, 15) is 4.79 Å². The van der Waals surface area contributed by atoms with E-state index in [0.717, 1.165) is 22.3 Å². The van der Waals surface area contributed by atoms with Crippen molar-refractivity contribution < 1.29 is 0 Å². The second-order valence-electron chi connectivity index (χ2n) is 4.47. The number of hydrogen-bond donors (Lipinski definition) is 3. The van der Waals surface area contributed by atoms with E-state index in [-0.39, 0.29) is 30.4 Å². The molecular weight excluding hydrogens is 323 g/mol. The Kier molecular flexibility index (Phi) is 6.37. The lowest BCUT2D eigenvalue weighted by Crippen LogP contribution is -2.04. The Bertz CT molecular complexity index is 802. The first-order chi connectivity index (χ1) is 9.76. The van der Waals surface area contributed by atoms with Gasteiger partial charge in [0.05, 0.1) is 5.69 Å². The molecule has 116 valence electrons. The minimum Gasteiger partial charge on any atom is -0.355 e. The van der Waals surface area contributed by atoms with Crippen LogP contribution < -0.4 is 16.6 Å². The van der Waals surface area contributed by atoms with Gasteiger partial charge in [0.1, 0.15) is 5.65 Å². The van der Waals surface area contributed by atoms with Gasteiger partial charge in [-0.15, -0.1) is 24.8 Å². The molecule has 2 aromatic heterocycles. The summed E-state index contributed by atoms with van der Waals surface area (Å²) in [5.74, 6) is 0. The number of benzene rings is 1. The number of nitrogens with zero attached hydrogens (tertiary/aromatic N) is 1. The first-order valence-electron chi connectivity index (χ1n) is 6.30. The van der Waals surface area contributed by atoms with Crippen molar-refractivity contribution in [3.8, 4) is 0 Å². The maximum atomic E-state index is 11.3. The summed E-state index contributed by atoms with van der Waals surface area (Å²) in [7, 11) is 0. The van der Waals surface area contributed by atoms with Gasteiger partial charge in [-0.1, -0.05) is 12.1 Å². The van der Waals surface area contributed by atoms with Crippen molar-refractivity contribution in [2.75, 3.05) is 5.32 Å². The molecule has 3 rings (SSSR count). The van der Waals surface area contributed by atoms with Crippen molar-refractivity contribution in [1.82, 2.24) is 9.97 Å². The van der Waals surface area contributed by atoms with Gasteiger partial charge in [-0.3, -0.25) is 4.79 Å². The van der Waals surface area contributed by atoms with E-state index in [1.54, 1.807) is 12.3 Å². The van der Waals surface area contributed by atoms with E-state index in [1.807, 2.05) is 30.3 Å². The van der Waals surface area contributed by atoms with Crippen LogP contribution >= 0.6 is 24.8 Å². The predicted molar refractivity (Wildman–Crippen MR) is 94.5 cm³/mol. The van der Waals surface area contributed by atoms with Gasteiger partial charge in [-0.2, -0.15) is 0 Å². The highest BCUT2D eigenvalue weighted by Crippen LogP contribution is 2.23. The van der Waals surface area contributed by atoms with Gasteiger partial charge < -0.3 is 16.0 Å². The van der Waals surface area contributed by atoms with Crippen LogP contribution in [0.3, 0.4) is 0 Å². The SMILES string of the molecule is Cl.Cl.NCc1ccc(Nc2ccnc3[nH]c(=O)ccc23)cc1. The summed E-state index contributed by atoms with van der Waals surface area (Å²) in [5, 5.41) is 4.19. The van der Waals surface area contributed by atoms with Crippen LogP contribution in [-0.2, 0) is 6.54 Å². The molecule has 0 spiro atoms. The molecule has 0 fully saturated rings. The van der Waals surface area contributed by atoms with Crippen LogP contribution in [0.1, 0.15) is 5.56 Å². The molecule has 0 aliphatic rings. The van der Waals surface area contributed by atoms with Gasteiger partial charge in [0.25, 0.3) is 0 Å². The van der Waals surface area contributed by atoms with Crippen molar-refractivity contribution >= 4 is 47.2 Å². The standard InChI is InChI=1S/C15H14N4O.2ClH/c16-9-10-1-3-11(4-2-10)18-13-7-8-17-15-12(13)5-6-14(20)19-15;;/h1-8H,9,16H2,(H2,17,18,19,20);2*1H. The zero-order valence-electron chi connectivity index (χ0n) is 11.6. The van der Waals surface area contributed by atoms with Gasteiger partial charge >= 0.3 is 0 Å². The number of aromatic nitrogens is 2. The Morgan fingerprint density at radius 1 is 1.05 bits per heavy atom. The smallest absolute Gasteiger partial charge is 0.249 e. The van der Waals surface area contributed by atoms with E-state index < -0.39 is 0 Å². The second-order valence-corrected chi connectivity index (χ2v) is 4.47. The minimum absolute atomic E-state index is 0. The van der Waals surface area contributed by atoms with Crippen molar-refractivity contribution in [2.45, 2.75) is 6.54 Å². The van der Waals surface area contributed by atoms with Crippen LogP contribution in [-0.4, -0.2) is 9.97 Å². The van der Waals surface area contributed by atoms with Crippen molar-refractivity contribution in [3.63, 3.8) is 0 Å². The van der Waals surface area contributed by atoms with Crippen LogP contribution in [0.25, 0.3) is 11.0 Å². The van der Waals surface area contributed by atoms with Crippen molar-refractivity contribution in [1.29, 1.82) is 0 Å². The zero-order valence-corrected chi connectivity index (χ0v) is 13.2. The van der Waals surface area contributed by atoms with Gasteiger partial charge in [0, 0.05) is 29.9 Å². The molecule has 0 amide bonds. The summed E-state index contributed by atoms with van der Waals surface area (Å²) >= 11 is 0. The Morgan fingerprint density at radius 3 is 2.45 bits per heavy atom. The Labute approximate surface area is 139 Å². The van der Waals surface area contributed by atoms with E-state index in [0.29, 0.717) is 12.2 Å². The first kappa shape index (κ1) is 18.0. The molecule has 0 bridgehead atoms. The molecule has 0 saturated carbocycles. The lowest BCUT2D eigenvalue weighted by Gasteiger charge is -2.09. The monoisotopic (exact) mass is 338 g/mol. The first-order valence-corrected chi connectivity index (χ1v) is 6.30. The second kappa shape index (κ2) is 7.79. The molecule has 5 nitrogen and oxygen atoms in total. The lowest BCUT2D eigenvalue weighted by molar-refractivity contribution is 1.07.